The summed E-state index contributed by atoms with van der Waals surface area (Å²) in [5.41, 5.74) is 0. The topological polar surface area (TPSA) is 180 Å². The Balaban J connectivity index is 0. The van der Waals surface area contributed by atoms with Crippen LogP contribution in [0.1, 0.15) is 0 Å². The van der Waals surface area contributed by atoms with Crippen LogP contribution in [0.15, 0.2) is 0 Å². The molecule has 6 N–H and O–H groups in total. The standard InChI is InChI=1S/3Ca.6H2O.2Sb/h;;;6*1H2;;/q3*+2;;;;;;;;/p-6. The van der Waals surface area contributed by atoms with E-state index in [1.165, 1.54) is 0 Å². The summed E-state index contributed by atoms with van der Waals surface area (Å²) in [6.07, 6.45) is 0. The van der Waals surface area contributed by atoms with Gasteiger partial charge in [0, 0.05) is 48.9 Å². The van der Waals surface area contributed by atoms with Crippen molar-refractivity contribution in [2.75, 3.05) is 0 Å². The van der Waals surface area contributed by atoms with Crippen LogP contribution < -0.4 is 0 Å². The Morgan fingerprint density at radius 1 is 0.273 bits per heavy atom. The molecule has 0 atom stereocenters. The largest absolute Gasteiger partial charge is 2.00 e. The van der Waals surface area contributed by atoms with Crippen LogP contribution >= 0.6 is 0 Å². The molecule has 6 nitrogen and oxygen atoms in total. The Bertz CT molecular complexity index is 15.8. The fraction of sp³-hybridized carbons (Fsp3) is 0. The molecule has 0 saturated carbocycles. The molecule has 0 rings (SSSR count). The summed E-state index contributed by atoms with van der Waals surface area (Å²) < 4.78 is 0. The van der Waals surface area contributed by atoms with Gasteiger partial charge < -0.3 is 32.9 Å². The van der Waals surface area contributed by atoms with Gasteiger partial charge >= 0.3 is 113 Å². The van der Waals surface area contributed by atoms with E-state index < -0.39 is 0 Å². The van der Waals surface area contributed by atoms with Crippen molar-refractivity contribution in [3.8, 4) is 0 Å². The van der Waals surface area contributed by atoms with Crippen molar-refractivity contribution in [2.45, 2.75) is 0 Å². The SMILES string of the molecule is [Ca+2].[Ca+2].[Ca+2].[OH-].[OH-].[OH-].[OH-].[OH-].[OH-].[Sb].[Sb]. The van der Waals surface area contributed by atoms with Crippen molar-refractivity contribution in [3.05, 3.63) is 0 Å². The second-order valence-corrected chi connectivity index (χ2v) is 0. The van der Waals surface area contributed by atoms with Crippen LogP contribution in [0.5, 0.6) is 0 Å². The van der Waals surface area contributed by atoms with Gasteiger partial charge in [-0.25, -0.2) is 0 Å². The fourth-order valence-electron chi connectivity index (χ4n) is 0. The molecular weight excluding hydrogens is 460 g/mol. The van der Waals surface area contributed by atoms with Crippen LogP contribution in [0.4, 0.5) is 0 Å². The molecule has 0 amide bonds. The molecular formula is H6Ca3O6Sb2. The van der Waals surface area contributed by atoms with Crippen molar-refractivity contribution in [3.63, 3.8) is 0 Å². The van der Waals surface area contributed by atoms with E-state index >= 15 is 0 Å². The Morgan fingerprint density at radius 2 is 0.273 bits per heavy atom. The second kappa shape index (κ2) is 114. The van der Waals surface area contributed by atoms with Crippen LogP contribution in [0.2, 0.25) is 0 Å². The first-order valence-corrected chi connectivity index (χ1v) is 0. The van der Waals surface area contributed by atoms with E-state index in [-0.39, 0.29) is 195 Å². The van der Waals surface area contributed by atoms with Gasteiger partial charge in [0.1, 0.15) is 0 Å². The molecule has 0 aromatic heterocycles. The van der Waals surface area contributed by atoms with E-state index in [9.17, 15) is 0 Å². The van der Waals surface area contributed by atoms with E-state index in [4.69, 9.17) is 0 Å². The number of rotatable bonds is 0. The van der Waals surface area contributed by atoms with E-state index in [1.54, 1.807) is 0 Å². The Kier molecular flexibility index (Phi) is 1440. The van der Waals surface area contributed by atoms with Crippen molar-refractivity contribution < 1.29 is 32.9 Å². The molecule has 0 spiro atoms. The summed E-state index contributed by atoms with van der Waals surface area (Å²) >= 11 is 0. The van der Waals surface area contributed by atoms with Gasteiger partial charge in [-0.2, -0.15) is 0 Å². The quantitative estimate of drug-likeness (QED) is 0.344. The molecule has 0 aliphatic carbocycles. The monoisotopic (exact) mass is 464 g/mol. The average Bonchev–Trinajstić information content (AvgIpc) is 0. The molecule has 0 unspecified atom stereocenters. The third-order valence-corrected chi connectivity index (χ3v) is 0. The van der Waals surface area contributed by atoms with Gasteiger partial charge in [0.25, 0.3) is 0 Å². The Labute approximate surface area is 190 Å². The molecule has 0 saturated heterocycles. The average molecular weight is 466 g/mol. The number of hydrogen-bond acceptors (Lipinski definition) is 6. The Hall–Kier alpha value is 5.18. The number of hydrogen-bond donors (Lipinski definition) is 0. The van der Waals surface area contributed by atoms with E-state index in [0.717, 1.165) is 0 Å². The molecule has 0 aromatic carbocycles. The van der Waals surface area contributed by atoms with Gasteiger partial charge in [0.15, 0.2) is 0 Å². The second-order valence-electron chi connectivity index (χ2n) is 0. The van der Waals surface area contributed by atoms with Crippen molar-refractivity contribution >= 4 is 162 Å². The first-order chi connectivity index (χ1) is 0. The van der Waals surface area contributed by atoms with Gasteiger partial charge in [0.05, 0.1) is 0 Å². The van der Waals surface area contributed by atoms with Crippen LogP contribution in [-0.2, 0) is 0 Å². The minimum atomic E-state index is 0. The minimum Gasteiger partial charge on any atom is -0.870 e. The van der Waals surface area contributed by atoms with E-state index in [1.807, 2.05) is 0 Å². The molecule has 0 aromatic rings. The molecule has 0 aliphatic rings. The van der Waals surface area contributed by atoms with E-state index in [2.05, 4.69) is 0 Å². The molecule has 11 heteroatoms. The smallest absolute Gasteiger partial charge is 0.870 e. The maximum absolute atomic E-state index is 0. The third kappa shape index (κ3) is 98.3. The normalized spacial score (nSPS) is 0. The predicted molar refractivity (Wildman–Crippen MR) is 40.4 cm³/mol. The van der Waals surface area contributed by atoms with Crippen LogP contribution in [-0.4, -0.2) is 195 Å². The van der Waals surface area contributed by atoms with Crippen LogP contribution in [0.3, 0.4) is 0 Å². The summed E-state index contributed by atoms with van der Waals surface area (Å²) in [5.74, 6) is 0. The van der Waals surface area contributed by atoms with Crippen molar-refractivity contribution in [2.24, 2.45) is 0 Å². The van der Waals surface area contributed by atoms with Gasteiger partial charge in [-0.3, -0.25) is 0 Å². The zero-order valence-corrected chi connectivity index (χ0v) is 17.4. The van der Waals surface area contributed by atoms with Gasteiger partial charge in [-0.15, -0.1) is 0 Å². The first kappa shape index (κ1) is 139. The van der Waals surface area contributed by atoms with Crippen LogP contribution in [0.25, 0.3) is 0 Å². The predicted octanol–water partition coefficient (Wildman–Crippen LogP) is -2.96. The molecule has 6 radical (unpaired) electrons. The van der Waals surface area contributed by atoms with Gasteiger partial charge in [-0.1, -0.05) is 0 Å². The van der Waals surface area contributed by atoms with Gasteiger partial charge in [-0.05, 0) is 0 Å². The molecule has 0 fully saturated rings. The molecule has 0 heterocycles. The third-order valence-electron chi connectivity index (χ3n) is 0. The van der Waals surface area contributed by atoms with Crippen LogP contribution in [0, 0.1) is 0 Å². The molecule has 0 aliphatic heterocycles. The Morgan fingerprint density at radius 3 is 0.273 bits per heavy atom. The van der Waals surface area contributed by atoms with Crippen molar-refractivity contribution in [1.29, 1.82) is 0 Å². The summed E-state index contributed by atoms with van der Waals surface area (Å²) in [6.45, 7) is 0. The summed E-state index contributed by atoms with van der Waals surface area (Å²) in [5, 5.41) is 0. The van der Waals surface area contributed by atoms with Crippen molar-refractivity contribution in [1.82, 2.24) is 0 Å². The first-order valence-electron chi connectivity index (χ1n) is 0. The molecule has 0 bridgehead atoms. The fourth-order valence-corrected chi connectivity index (χ4v) is 0. The van der Waals surface area contributed by atoms with Gasteiger partial charge in [0.2, 0.25) is 0 Å². The molecule has 11 heavy (non-hydrogen) atoms. The maximum atomic E-state index is 0. The van der Waals surface area contributed by atoms with E-state index in [0.29, 0.717) is 0 Å². The summed E-state index contributed by atoms with van der Waals surface area (Å²) in [4.78, 5) is 0. The maximum Gasteiger partial charge on any atom is 2.00 e. The zero-order chi connectivity index (χ0) is 0. The summed E-state index contributed by atoms with van der Waals surface area (Å²) in [6, 6.07) is 0. The zero-order valence-electron chi connectivity index (χ0n) is 5.70. The molecule has 58 valence electrons. The minimum absolute atomic E-state index is 0. The summed E-state index contributed by atoms with van der Waals surface area (Å²) in [7, 11) is 0.